The van der Waals surface area contributed by atoms with Gasteiger partial charge >= 0.3 is 0 Å². The topological polar surface area (TPSA) is 52.0 Å². The summed E-state index contributed by atoms with van der Waals surface area (Å²) in [6.07, 6.45) is 2.74. The lowest BCUT2D eigenvalue weighted by Gasteiger charge is -2.63. The maximum absolute atomic E-state index is 6.08. The zero-order valence-electron chi connectivity index (χ0n) is 9.66. The van der Waals surface area contributed by atoms with E-state index in [9.17, 15) is 0 Å². The highest BCUT2D eigenvalue weighted by atomic mass is 14.8. The van der Waals surface area contributed by atoms with Gasteiger partial charge in [0.25, 0.3) is 0 Å². The van der Waals surface area contributed by atoms with Crippen LogP contribution in [-0.2, 0) is 0 Å². The summed E-state index contributed by atoms with van der Waals surface area (Å²) < 4.78 is 0. The molecule has 3 fully saturated rings. The molecule has 0 aromatic carbocycles. The van der Waals surface area contributed by atoms with Gasteiger partial charge in [-0.05, 0) is 41.9 Å². The van der Waals surface area contributed by atoms with E-state index in [1.165, 1.54) is 12.8 Å². The summed E-state index contributed by atoms with van der Waals surface area (Å²) in [5.41, 5.74) is 12.3. The molecule has 5 atom stereocenters. The van der Waals surface area contributed by atoms with E-state index < -0.39 is 0 Å². The van der Waals surface area contributed by atoms with Crippen LogP contribution in [0.1, 0.15) is 33.6 Å². The second kappa shape index (κ2) is 3.21. The molecule has 0 aromatic heterocycles. The van der Waals surface area contributed by atoms with Gasteiger partial charge in [-0.15, -0.1) is 0 Å². The van der Waals surface area contributed by atoms with Gasteiger partial charge in [0.15, 0.2) is 0 Å². The summed E-state index contributed by atoms with van der Waals surface area (Å²) in [5.74, 6) is 3.25. The molecule has 0 saturated heterocycles. The number of rotatable bonds is 2. The van der Waals surface area contributed by atoms with Crippen molar-refractivity contribution in [3.05, 3.63) is 0 Å². The Kier molecular flexibility index (Phi) is 2.39. The summed E-state index contributed by atoms with van der Waals surface area (Å²) >= 11 is 0. The van der Waals surface area contributed by atoms with Crippen molar-refractivity contribution >= 4 is 0 Å². The average Bonchev–Trinajstić information content (AvgIpc) is 2.16. The molecule has 3 aliphatic rings. The number of hydrogen-bond acceptors (Lipinski definition) is 2. The molecule has 2 heteroatoms. The van der Waals surface area contributed by atoms with Crippen molar-refractivity contribution < 1.29 is 0 Å². The molecule has 0 spiro atoms. The molecule has 2 nitrogen and oxygen atoms in total. The molecule has 3 rings (SSSR count). The van der Waals surface area contributed by atoms with Gasteiger partial charge in [-0.1, -0.05) is 20.8 Å². The molecule has 5 unspecified atom stereocenters. The summed E-state index contributed by atoms with van der Waals surface area (Å²) in [4.78, 5) is 0. The van der Waals surface area contributed by atoms with Crippen LogP contribution in [0.4, 0.5) is 0 Å². The van der Waals surface area contributed by atoms with Crippen LogP contribution in [0.2, 0.25) is 0 Å². The van der Waals surface area contributed by atoms with Crippen molar-refractivity contribution in [1.82, 2.24) is 0 Å². The lowest BCUT2D eigenvalue weighted by Crippen LogP contribution is -2.58. The fourth-order valence-electron chi connectivity index (χ4n) is 3.93. The van der Waals surface area contributed by atoms with Crippen LogP contribution in [0.15, 0.2) is 0 Å². The lowest BCUT2D eigenvalue weighted by atomic mass is 9.43. The minimum atomic E-state index is 0.228. The molecule has 3 saturated carbocycles. The van der Waals surface area contributed by atoms with Crippen molar-refractivity contribution in [2.75, 3.05) is 6.54 Å². The van der Waals surface area contributed by atoms with Crippen LogP contribution in [-0.4, -0.2) is 12.6 Å². The molecule has 0 heterocycles. The third-order valence-corrected chi connectivity index (χ3v) is 5.24. The molecule has 2 bridgehead atoms. The number of fused-ring (bicyclic) bond motifs is 2. The fraction of sp³-hybridized carbons (Fsp3) is 1.00. The van der Waals surface area contributed by atoms with E-state index >= 15 is 0 Å². The van der Waals surface area contributed by atoms with Gasteiger partial charge in [0.05, 0.1) is 0 Å². The monoisotopic (exact) mass is 196 g/mol. The first kappa shape index (κ1) is 10.4. The van der Waals surface area contributed by atoms with E-state index in [-0.39, 0.29) is 6.04 Å². The van der Waals surface area contributed by atoms with Crippen molar-refractivity contribution in [3.8, 4) is 0 Å². The van der Waals surface area contributed by atoms with Crippen molar-refractivity contribution in [1.29, 1.82) is 0 Å². The van der Waals surface area contributed by atoms with Crippen LogP contribution < -0.4 is 11.5 Å². The predicted molar refractivity (Wildman–Crippen MR) is 59.7 cm³/mol. The zero-order valence-corrected chi connectivity index (χ0v) is 9.66. The van der Waals surface area contributed by atoms with Gasteiger partial charge in [0.2, 0.25) is 0 Å². The molecule has 0 aromatic rings. The first-order valence-corrected chi connectivity index (χ1v) is 5.94. The Balaban J connectivity index is 2.08. The summed E-state index contributed by atoms with van der Waals surface area (Å²) in [6.45, 7) is 7.87. The first-order valence-electron chi connectivity index (χ1n) is 5.94. The Morgan fingerprint density at radius 2 is 2.00 bits per heavy atom. The van der Waals surface area contributed by atoms with Crippen molar-refractivity contribution in [2.45, 2.75) is 39.7 Å². The smallest absolute Gasteiger partial charge is 0.0194 e. The normalized spacial score (nSPS) is 46.9. The third kappa shape index (κ3) is 1.24. The van der Waals surface area contributed by atoms with E-state index in [4.69, 9.17) is 11.5 Å². The maximum Gasteiger partial charge on any atom is 0.0194 e. The Morgan fingerprint density at radius 1 is 1.36 bits per heavy atom. The van der Waals surface area contributed by atoms with Crippen molar-refractivity contribution in [3.63, 3.8) is 0 Å². The first-order chi connectivity index (χ1) is 6.48. The Bertz CT molecular complexity index is 224. The van der Waals surface area contributed by atoms with E-state index in [1.807, 2.05) is 0 Å². The van der Waals surface area contributed by atoms with Gasteiger partial charge in [-0.2, -0.15) is 0 Å². The molecule has 0 amide bonds. The van der Waals surface area contributed by atoms with Crippen LogP contribution in [0.25, 0.3) is 0 Å². The highest BCUT2D eigenvalue weighted by Crippen LogP contribution is 2.63. The highest BCUT2D eigenvalue weighted by Gasteiger charge is 2.56. The minimum Gasteiger partial charge on any atom is -0.329 e. The quantitative estimate of drug-likeness (QED) is 0.704. The van der Waals surface area contributed by atoms with Crippen LogP contribution in [0.5, 0.6) is 0 Å². The molecule has 0 aliphatic heterocycles. The van der Waals surface area contributed by atoms with Gasteiger partial charge in [-0.3, -0.25) is 0 Å². The molecular weight excluding hydrogens is 172 g/mol. The van der Waals surface area contributed by atoms with E-state index in [2.05, 4.69) is 20.8 Å². The van der Waals surface area contributed by atoms with Gasteiger partial charge in [0, 0.05) is 12.6 Å². The molecule has 14 heavy (non-hydrogen) atoms. The maximum atomic E-state index is 6.08. The van der Waals surface area contributed by atoms with Gasteiger partial charge < -0.3 is 11.5 Å². The summed E-state index contributed by atoms with van der Waals surface area (Å²) in [5, 5.41) is 0. The largest absolute Gasteiger partial charge is 0.329 e. The van der Waals surface area contributed by atoms with Gasteiger partial charge in [0.1, 0.15) is 0 Å². The summed E-state index contributed by atoms with van der Waals surface area (Å²) in [6, 6.07) is 0.228. The fourth-order valence-corrected chi connectivity index (χ4v) is 3.93. The minimum absolute atomic E-state index is 0.228. The molecule has 0 radical (unpaired) electrons. The second-order valence-corrected chi connectivity index (χ2v) is 6.02. The zero-order chi connectivity index (χ0) is 10.5. The highest BCUT2D eigenvalue weighted by molar-refractivity contribution is 5.06. The van der Waals surface area contributed by atoms with Crippen molar-refractivity contribution in [2.24, 2.45) is 40.6 Å². The summed E-state index contributed by atoms with van der Waals surface area (Å²) in [7, 11) is 0. The van der Waals surface area contributed by atoms with E-state index in [0.717, 1.165) is 17.8 Å². The van der Waals surface area contributed by atoms with Crippen LogP contribution in [0, 0.1) is 29.1 Å². The average molecular weight is 196 g/mol. The Morgan fingerprint density at radius 3 is 2.43 bits per heavy atom. The molecular formula is C12H24N2. The molecule has 82 valence electrons. The standard InChI is InChI=1S/C12H24N2/c1-7-9(11(14)6-13)4-8-5-10(7)12(8,2)3/h7-11H,4-6,13-14H2,1-3H3. The lowest BCUT2D eigenvalue weighted by molar-refractivity contribution is -0.132. The second-order valence-electron chi connectivity index (χ2n) is 6.02. The number of hydrogen-bond donors (Lipinski definition) is 2. The Labute approximate surface area is 87.4 Å². The molecule has 3 aliphatic carbocycles. The van der Waals surface area contributed by atoms with E-state index in [0.29, 0.717) is 17.9 Å². The SMILES string of the molecule is CC1C(C(N)CN)CC2CC1C2(C)C. The Hall–Kier alpha value is -0.0800. The van der Waals surface area contributed by atoms with E-state index in [1.54, 1.807) is 0 Å². The predicted octanol–water partition coefficient (Wildman–Crippen LogP) is 1.59. The number of nitrogens with two attached hydrogens (primary N) is 2. The van der Waals surface area contributed by atoms with Gasteiger partial charge in [-0.25, -0.2) is 0 Å². The third-order valence-electron chi connectivity index (χ3n) is 5.24. The van der Waals surface area contributed by atoms with Crippen LogP contribution >= 0.6 is 0 Å². The van der Waals surface area contributed by atoms with Crippen LogP contribution in [0.3, 0.4) is 0 Å². The molecule has 4 N–H and O–H groups in total.